The van der Waals surface area contributed by atoms with E-state index in [9.17, 15) is 31.7 Å². The van der Waals surface area contributed by atoms with Crippen molar-refractivity contribution in [2.45, 2.75) is 23.0 Å². The normalized spacial score (nSPS) is 13.9. The summed E-state index contributed by atoms with van der Waals surface area (Å²) in [5, 5.41) is 20.4. The van der Waals surface area contributed by atoms with Gasteiger partial charge in [-0.3, -0.25) is 10.1 Å². The van der Waals surface area contributed by atoms with Crippen molar-refractivity contribution in [3.63, 3.8) is 0 Å². The molecule has 2 aromatic carbocycles. The van der Waals surface area contributed by atoms with Crippen molar-refractivity contribution in [1.82, 2.24) is 4.72 Å². The van der Waals surface area contributed by atoms with E-state index >= 15 is 0 Å². The molecule has 32 heavy (non-hydrogen) atoms. The third-order valence-corrected chi connectivity index (χ3v) is 6.64. The van der Waals surface area contributed by atoms with Crippen LogP contribution in [0.15, 0.2) is 51.8 Å². The maximum atomic E-state index is 14.7. The van der Waals surface area contributed by atoms with Gasteiger partial charge in [0.15, 0.2) is 4.90 Å². The van der Waals surface area contributed by atoms with Gasteiger partial charge in [0.1, 0.15) is 25.2 Å². The summed E-state index contributed by atoms with van der Waals surface area (Å²) in [6, 6.07) is 9.35. The van der Waals surface area contributed by atoms with Crippen molar-refractivity contribution in [2.24, 2.45) is 0 Å². The van der Waals surface area contributed by atoms with Gasteiger partial charge >= 0.3 is 0 Å². The van der Waals surface area contributed by atoms with Gasteiger partial charge in [-0.1, -0.05) is 28.1 Å². The van der Waals surface area contributed by atoms with Gasteiger partial charge in [-0.25, -0.2) is 21.6 Å². The predicted molar refractivity (Wildman–Crippen MR) is 111 cm³/mol. The van der Waals surface area contributed by atoms with Crippen LogP contribution in [0.25, 0.3) is 0 Å². The standard InChI is InChI=1S/C19H17BrF3N3O5S/c1-18(12-31-19(9-21,10-22)11-24,14-8-13(20)6-7-15(14)23)25-32(29,30)17-5-3-2-4-16(17)26(27)28/h2-8,25H,9-10,12H2,1H3/t18-/m1/s1. The Balaban J connectivity index is 2.61. The SMILES string of the molecule is C[C@](COC(C#N)(CF)CF)(NS(=O)(=O)c1ccccc1[N+](=O)[O-])c1cc(Br)ccc1F. The molecule has 0 aliphatic rings. The molecule has 0 aliphatic carbocycles. The lowest BCUT2D eigenvalue weighted by atomic mass is 9.93. The molecule has 0 saturated heterocycles. The monoisotopic (exact) mass is 535 g/mol. The number of para-hydroxylation sites is 1. The first kappa shape index (κ1) is 25.7. The Hall–Kier alpha value is -2.53. The number of hydrogen-bond acceptors (Lipinski definition) is 6. The van der Waals surface area contributed by atoms with Crippen LogP contribution in [0.2, 0.25) is 0 Å². The molecular formula is C19H17BrF3N3O5S. The molecule has 0 aromatic heterocycles. The van der Waals surface area contributed by atoms with Crippen LogP contribution in [0.1, 0.15) is 12.5 Å². The fourth-order valence-corrected chi connectivity index (χ4v) is 4.67. The molecule has 0 unspecified atom stereocenters. The number of nitro benzene ring substituents is 1. The van der Waals surface area contributed by atoms with Crippen molar-refractivity contribution < 1.29 is 31.2 Å². The molecule has 172 valence electrons. The molecule has 0 spiro atoms. The molecule has 0 heterocycles. The average molecular weight is 536 g/mol. The van der Waals surface area contributed by atoms with Crippen LogP contribution < -0.4 is 4.72 Å². The summed E-state index contributed by atoms with van der Waals surface area (Å²) in [5.41, 5.74) is -5.59. The summed E-state index contributed by atoms with van der Waals surface area (Å²) in [7, 11) is -4.68. The third-order valence-electron chi connectivity index (χ3n) is 4.51. The highest BCUT2D eigenvalue weighted by atomic mass is 79.9. The summed E-state index contributed by atoms with van der Waals surface area (Å²) in [5.74, 6) is -0.896. The lowest BCUT2D eigenvalue weighted by molar-refractivity contribution is -0.387. The first-order chi connectivity index (χ1) is 14.9. The number of ether oxygens (including phenoxy) is 1. The number of hydrogen-bond donors (Lipinski definition) is 1. The van der Waals surface area contributed by atoms with Crippen molar-refractivity contribution >= 4 is 31.6 Å². The second-order valence-electron chi connectivity index (χ2n) is 6.95. The highest BCUT2D eigenvalue weighted by Crippen LogP contribution is 2.32. The molecule has 1 N–H and O–H groups in total. The molecule has 13 heteroatoms. The van der Waals surface area contributed by atoms with Crippen molar-refractivity contribution in [3.05, 3.63) is 68.4 Å². The number of rotatable bonds is 10. The van der Waals surface area contributed by atoms with Gasteiger partial charge in [-0.05, 0) is 31.2 Å². The van der Waals surface area contributed by atoms with Crippen LogP contribution in [-0.4, -0.2) is 38.9 Å². The smallest absolute Gasteiger partial charge is 0.289 e. The maximum absolute atomic E-state index is 14.7. The van der Waals surface area contributed by atoms with E-state index in [4.69, 9.17) is 10.00 Å². The molecule has 2 aromatic rings. The Labute approximate surface area is 190 Å². The summed E-state index contributed by atoms with van der Waals surface area (Å²) < 4.78 is 75.0. The van der Waals surface area contributed by atoms with Gasteiger partial charge < -0.3 is 4.74 Å². The molecule has 0 amide bonds. The number of alkyl halides is 2. The molecular weight excluding hydrogens is 519 g/mol. The second-order valence-corrected chi connectivity index (χ2v) is 9.52. The molecule has 8 nitrogen and oxygen atoms in total. The minimum atomic E-state index is -4.68. The predicted octanol–water partition coefficient (Wildman–Crippen LogP) is 3.91. The van der Waals surface area contributed by atoms with E-state index in [1.165, 1.54) is 30.3 Å². The number of benzene rings is 2. The number of nitro groups is 1. The lowest BCUT2D eigenvalue weighted by Gasteiger charge is -2.34. The quantitative estimate of drug-likeness (QED) is 0.363. The van der Waals surface area contributed by atoms with Crippen molar-refractivity contribution in [3.8, 4) is 6.07 Å². The van der Waals surface area contributed by atoms with E-state index in [2.05, 4.69) is 20.7 Å². The fourth-order valence-electron chi connectivity index (χ4n) is 2.76. The topological polar surface area (TPSA) is 122 Å². The van der Waals surface area contributed by atoms with E-state index in [-0.39, 0.29) is 5.56 Å². The van der Waals surface area contributed by atoms with Crippen LogP contribution in [0.5, 0.6) is 0 Å². The van der Waals surface area contributed by atoms with Crippen LogP contribution in [0.3, 0.4) is 0 Å². The van der Waals surface area contributed by atoms with Gasteiger partial charge in [0.2, 0.25) is 15.6 Å². The minimum Gasteiger partial charge on any atom is -0.353 e. The lowest BCUT2D eigenvalue weighted by Crippen LogP contribution is -2.50. The maximum Gasteiger partial charge on any atom is 0.289 e. The largest absolute Gasteiger partial charge is 0.353 e. The number of halogens is 4. The third kappa shape index (κ3) is 5.44. The molecule has 0 aliphatic heterocycles. The fraction of sp³-hybridized carbons (Fsp3) is 0.316. The molecule has 0 radical (unpaired) electrons. The summed E-state index contributed by atoms with van der Waals surface area (Å²) in [6.45, 7) is -2.81. The Morgan fingerprint density at radius 1 is 1.25 bits per heavy atom. The zero-order valence-electron chi connectivity index (χ0n) is 16.5. The van der Waals surface area contributed by atoms with Gasteiger partial charge in [0, 0.05) is 16.1 Å². The van der Waals surface area contributed by atoms with Crippen molar-refractivity contribution in [1.29, 1.82) is 5.26 Å². The van der Waals surface area contributed by atoms with E-state index in [1.807, 2.05) is 0 Å². The molecule has 2 rings (SSSR count). The van der Waals surface area contributed by atoms with E-state index in [0.717, 1.165) is 25.1 Å². The molecule has 0 fully saturated rings. The average Bonchev–Trinajstić information content (AvgIpc) is 2.76. The van der Waals surface area contributed by atoms with E-state index in [1.54, 1.807) is 0 Å². The Morgan fingerprint density at radius 3 is 2.44 bits per heavy atom. The Bertz CT molecular complexity index is 1160. The molecule has 1 atom stereocenters. The van der Waals surface area contributed by atoms with Gasteiger partial charge in [0.25, 0.3) is 5.69 Å². The van der Waals surface area contributed by atoms with Crippen molar-refractivity contribution in [2.75, 3.05) is 20.0 Å². The summed E-state index contributed by atoms with van der Waals surface area (Å²) >= 11 is 3.13. The molecule has 0 bridgehead atoms. The molecule has 0 saturated carbocycles. The second kappa shape index (κ2) is 9.95. The first-order valence-electron chi connectivity index (χ1n) is 8.84. The number of nitriles is 1. The van der Waals surface area contributed by atoms with Gasteiger partial charge in [-0.2, -0.15) is 9.98 Å². The number of sulfonamides is 1. The van der Waals surface area contributed by atoms with Crippen LogP contribution in [-0.2, 0) is 20.3 Å². The van der Waals surface area contributed by atoms with Crippen LogP contribution >= 0.6 is 15.9 Å². The van der Waals surface area contributed by atoms with Gasteiger partial charge in [-0.15, -0.1) is 0 Å². The first-order valence-corrected chi connectivity index (χ1v) is 11.1. The van der Waals surface area contributed by atoms with E-state index < -0.39 is 62.4 Å². The minimum absolute atomic E-state index is 0.293. The number of nitrogens with zero attached hydrogens (tertiary/aromatic N) is 2. The number of nitrogens with one attached hydrogen (secondary N) is 1. The summed E-state index contributed by atoms with van der Waals surface area (Å²) in [6.07, 6.45) is 0. The van der Waals surface area contributed by atoms with Crippen LogP contribution in [0.4, 0.5) is 18.9 Å². The highest BCUT2D eigenvalue weighted by molar-refractivity contribution is 9.10. The summed E-state index contributed by atoms with van der Waals surface area (Å²) in [4.78, 5) is 9.66. The van der Waals surface area contributed by atoms with Crippen LogP contribution in [0, 0.1) is 27.3 Å². The highest BCUT2D eigenvalue weighted by Gasteiger charge is 2.41. The zero-order valence-corrected chi connectivity index (χ0v) is 18.9. The van der Waals surface area contributed by atoms with Gasteiger partial charge in [0.05, 0.1) is 17.1 Å². The van der Waals surface area contributed by atoms with E-state index in [0.29, 0.717) is 4.47 Å². The Morgan fingerprint density at radius 2 is 1.88 bits per heavy atom. The Kier molecular flexibility index (Phi) is 8.00. The zero-order chi connectivity index (χ0) is 24.2.